The lowest BCUT2D eigenvalue weighted by Gasteiger charge is -2.30. The van der Waals surface area contributed by atoms with Crippen molar-refractivity contribution in [3.05, 3.63) is 42.5 Å². The molecule has 7 nitrogen and oxygen atoms in total. The number of ether oxygens (including phenoxy) is 1. The highest BCUT2D eigenvalue weighted by atomic mass is 16.5. The molecule has 32 heavy (non-hydrogen) atoms. The zero-order chi connectivity index (χ0) is 22.6. The molecule has 0 bridgehead atoms. The van der Waals surface area contributed by atoms with E-state index in [1.807, 2.05) is 18.2 Å². The molecule has 1 amide bonds. The van der Waals surface area contributed by atoms with Crippen molar-refractivity contribution in [3.8, 4) is 5.75 Å². The molecule has 174 valence electrons. The summed E-state index contributed by atoms with van der Waals surface area (Å²) < 4.78 is 5.89. The molecule has 0 unspecified atom stereocenters. The normalized spacial score (nSPS) is 15.6. The smallest absolute Gasteiger partial charge is 0.220 e. The molecule has 0 aromatic heterocycles. The van der Waals surface area contributed by atoms with Gasteiger partial charge in [0.15, 0.2) is 5.96 Å². The van der Waals surface area contributed by atoms with Crippen molar-refractivity contribution in [1.82, 2.24) is 15.5 Å². The second kappa shape index (κ2) is 12.9. The standard InChI is InChI=1S/C25H37N5O2/c1-27-25(28-13-4-5-15-30-16-11-21(12-17-30)24(26)31)29-14-6-18-32-23-10-9-20-7-2-3-8-22(20)19-23/h2-3,7-10,19,21H,4-6,11-18H2,1H3,(H2,26,31)(H2,27,28,29). The number of piperidine rings is 1. The van der Waals surface area contributed by atoms with Crippen LogP contribution < -0.4 is 21.1 Å². The lowest BCUT2D eigenvalue weighted by Crippen LogP contribution is -2.40. The van der Waals surface area contributed by atoms with Crippen LogP contribution in [0.4, 0.5) is 0 Å². The molecule has 1 heterocycles. The highest BCUT2D eigenvalue weighted by Gasteiger charge is 2.22. The van der Waals surface area contributed by atoms with E-state index in [9.17, 15) is 4.79 Å². The number of fused-ring (bicyclic) bond motifs is 1. The van der Waals surface area contributed by atoms with E-state index in [0.717, 1.165) is 76.5 Å². The minimum absolute atomic E-state index is 0.0697. The van der Waals surface area contributed by atoms with Crippen LogP contribution in [0.3, 0.4) is 0 Å². The van der Waals surface area contributed by atoms with Crippen LogP contribution in [0.15, 0.2) is 47.5 Å². The maximum atomic E-state index is 11.2. The van der Waals surface area contributed by atoms with Gasteiger partial charge in [-0.2, -0.15) is 0 Å². The second-order valence-corrected chi connectivity index (χ2v) is 8.36. The maximum absolute atomic E-state index is 11.2. The molecule has 0 radical (unpaired) electrons. The number of aliphatic imine (C=N–C) groups is 1. The Balaban J connectivity index is 1.22. The predicted molar refractivity (Wildman–Crippen MR) is 131 cm³/mol. The van der Waals surface area contributed by atoms with Gasteiger partial charge in [0.25, 0.3) is 0 Å². The first-order valence-electron chi connectivity index (χ1n) is 11.7. The largest absolute Gasteiger partial charge is 0.494 e. The number of nitrogens with one attached hydrogen (secondary N) is 2. The summed E-state index contributed by atoms with van der Waals surface area (Å²) in [5.74, 6) is 1.66. The van der Waals surface area contributed by atoms with Crippen molar-refractivity contribution in [2.75, 3.05) is 46.4 Å². The van der Waals surface area contributed by atoms with Gasteiger partial charge in [-0.1, -0.05) is 30.3 Å². The average molecular weight is 440 g/mol. The van der Waals surface area contributed by atoms with Crippen LogP contribution in [-0.2, 0) is 4.79 Å². The van der Waals surface area contributed by atoms with Gasteiger partial charge in [0.2, 0.25) is 5.91 Å². The number of hydrogen-bond donors (Lipinski definition) is 3. The SMILES string of the molecule is CN=C(NCCCCN1CCC(C(N)=O)CC1)NCCCOc1ccc2ccccc2c1. The second-order valence-electron chi connectivity index (χ2n) is 8.36. The van der Waals surface area contributed by atoms with Crippen LogP contribution in [-0.4, -0.2) is 63.1 Å². The topological polar surface area (TPSA) is 92.0 Å². The Labute approximate surface area is 191 Å². The number of carbonyl (C=O) groups excluding carboxylic acids is 1. The van der Waals surface area contributed by atoms with Crippen LogP contribution >= 0.6 is 0 Å². The molecule has 0 atom stereocenters. The van der Waals surface area contributed by atoms with Crippen molar-refractivity contribution < 1.29 is 9.53 Å². The molecular formula is C25H37N5O2. The third kappa shape index (κ3) is 7.71. The quantitative estimate of drug-likeness (QED) is 0.284. The summed E-state index contributed by atoms with van der Waals surface area (Å²) >= 11 is 0. The number of benzene rings is 2. The van der Waals surface area contributed by atoms with Crippen LogP contribution in [0.25, 0.3) is 10.8 Å². The highest BCUT2D eigenvalue weighted by molar-refractivity contribution is 5.83. The molecule has 3 rings (SSSR count). The molecule has 2 aromatic rings. The van der Waals surface area contributed by atoms with Crippen molar-refractivity contribution in [2.24, 2.45) is 16.6 Å². The summed E-state index contributed by atoms with van der Waals surface area (Å²) in [6.07, 6.45) is 4.91. The van der Waals surface area contributed by atoms with Gasteiger partial charge in [0.05, 0.1) is 6.61 Å². The number of nitrogens with two attached hydrogens (primary N) is 1. The monoisotopic (exact) mass is 439 g/mol. The zero-order valence-electron chi connectivity index (χ0n) is 19.2. The molecule has 4 N–H and O–H groups in total. The van der Waals surface area contributed by atoms with Gasteiger partial charge in [-0.15, -0.1) is 0 Å². The van der Waals surface area contributed by atoms with E-state index in [1.54, 1.807) is 7.05 Å². The van der Waals surface area contributed by atoms with E-state index in [1.165, 1.54) is 10.8 Å². The first-order valence-corrected chi connectivity index (χ1v) is 11.7. The van der Waals surface area contributed by atoms with E-state index in [2.05, 4.69) is 44.8 Å². The number of hydrogen-bond acceptors (Lipinski definition) is 4. The molecule has 7 heteroatoms. The molecule has 0 spiro atoms. The van der Waals surface area contributed by atoms with E-state index >= 15 is 0 Å². The number of amides is 1. The van der Waals surface area contributed by atoms with Gasteiger partial charge in [0.1, 0.15) is 5.75 Å². The average Bonchev–Trinajstić information content (AvgIpc) is 2.82. The number of carbonyl (C=O) groups is 1. The van der Waals surface area contributed by atoms with E-state index in [0.29, 0.717) is 6.61 Å². The lowest BCUT2D eigenvalue weighted by atomic mass is 9.96. The van der Waals surface area contributed by atoms with Gasteiger partial charge in [-0.25, -0.2) is 0 Å². The first-order chi connectivity index (χ1) is 15.7. The Morgan fingerprint density at radius 2 is 1.78 bits per heavy atom. The van der Waals surface area contributed by atoms with E-state index in [-0.39, 0.29) is 11.8 Å². The lowest BCUT2D eigenvalue weighted by molar-refractivity contribution is -0.123. The van der Waals surface area contributed by atoms with Gasteiger partial charge in [-0.05, 0) is 74.6 Å². The fraction of sp³-hybridized carbons (Fsp3) is 0.520. The van der Waals surface area contributed by atoms with Crippen LogP contribution in [0.1, 0.15) is 32.1 Å². The van der Waals surface area contributed by atoms with E-state index in [4.69, 9.17) is 10.5 Å². The molecule has 0 saturated carbocycles. The first kappa shape index (κ1) is 23.9. The number of likely N-dealkylation sites (tertiary alicyclic amines) is 1. The predicted octanol–water partition coefficient (Wildman–Crippen LogP) is 2.75. The molecule has 1 aliphatic rings. The van der Waals surface area contributed by atoms with Gasteiger partial charge >= 0.3 is 0 Å². The maximum Gasteiger partial charge on any atom is 0.220 e. The van der Waals surface area contributed by atoms with Crippen molar-refractivity contribution in [3.63, 3.8) is 0 Å². The molecule has 0 aliphatic carbocycles. The van der Waals surface area contributed by atoms with Gasteiger partial charge < -0.3 is 26.0 Å². The summed E-state index contributed by atoms with van der Waals surface area (Å²) in [5.41, 5.74) is 5.40. The number of primary amides is 1. The fourth-order valence-corrected chi connectivity index (χ4v) is 4.06. The zero-order valence-corrected chi connectivity index (χ0v) is 19.2. The Hall–Kier alpha value is -2.80. The van der Waals surface area contributed by atoms with Crippen LogP contribution in [0.2, 0.25) is 0 Å². The summed E-state index contributed by atoms with van der Waals surface area (Å²) in [6, 6.07) is 14.5. The number of rotatable bonds is 11. The van der Waals surface area contributed by atoms with Gasteiger partial charge in [0, 0.05) is 26.1 Å². The fourth-order valence-electron chi connectivity index (χ4n) is 4.06. The molecule has 2 aromatic carbocycles. The summed E-state index contributed by atoms with van der Waals surface area (Å²) in [7, 11) is 1.80. The van der Waals surface area contributed by atoms with Crippen molar-refractivity contribution in [1.29, 1.82) is 0 Å². The summed E-state index contributed by atoms with van der Waals surface area (Å²) in [6.45, 7) is 5.39. The van der Waals surface area contributed by atoms with Crippen LogP contribution in [0.5, 0.6) is 5.75 Å². The van der Waals surface area contributed by atoms with E-state index < -0.39 is 0 Å². The van der Waals surface area contributed by atoms with Gasteiger partial charge in [-0.3, -0.25) is 9.79 Å². The minimum atomic E-state index is -0.145. The van der Waals surface area contributed by atoms with Crippen LogP contribution in [0, 0.1) is 5.92 Å². The van der Waals surface area contributed by atoms with Crippen molar-refractivity contribution in [2.45, 2.75) is 32.1 Å². The number of guanidine groups is 1. The Morgan fingerprint density at radius 3 is 2.50 bits per heavy atom. The molecule has 1 saturated heterocycles. The summed E-state index contributed by atoms with van der Waals surface area (Å²) in [4.78, 5) is 18.0. The third-order valence-corrected chi connectivity index (χ3v) is 6.01. The Bertz CT molecular complexity index is 878. The number of nitrogens with zero attached hydrogens (tertiary/aromatic N) is 2. The van der Waals surface area contributed by atoms with Crippen molar-refractivity contribution >= 4 is 22.6 Å². The molecular weight excluding hydrogens is 402 g/mol. The third-order valence-electron chi connectivity index (χ3n) is 6.01. The summed E-state index contributed by atoms with van der Waals surface area (Å²) in [5, 5.41) is 9.15. The Morgan fingerprint density at radius 1 is 1.06 bits per heavy atom. The number of unbranched alkanes of at least 4 members (excludes halogenated alkanes) is 1. The highest BCUT2D eigenvalue weighted by Crippen LogP contribution is 2.20. The molecule has 1 fully saturated rings. The Kier molecular flexibility index (Phi) is 9.62. The minimum Gasteiger partial charge on any atom is -0.494 e. The molecule has 1 aliphatic heterocycles.